The maximum Gasteiger partial charge on any atom is 0.283 e. The minimum Gasteiger partial charge on any atom is -0.396 e. The van der Waals surface area contributed by atoms with Crippen LogP contribution in [0.1, 0.15) is 40.0 Å². The summed E-state index contributed by atoms with van der Waals surface area (Å²) in [6.07, 6.45) is 4.20. The monoisotopic (exact) mass is 331 g/mol. The first-order chi connectivity index (χ1) is 8.91. The van der Waals surface area contributed by atoms with Gasteiger partial charge in [0.25, 0.3) is 5.56 Å². The highest BCUT2D eigenvalue weighted by Gasteiger charge is 2.19. The second-order valence-corrected chi connectivity index (χ2v) is 6.03. The molecule has 0 bridgehead atoms. The summed E-state index contributed by atoms with van der Waals surface area (Å²) in [4.78, 5) is 12.1. The summed E-state index contributed by atoms with van der Waals surface area (Å²) < 4.78 is 1.96. The molecule has 19 heavy (non-hydrogen) atoms. The van der Waals surface area contributed by atoms with Crippen LogP contribution < -0.4 is 10.9 Å². The Morgan fingerprint density at radius 2 is 2.21 bits per heavy atom. The Hall–Kier alpha value is -0.880. The lowest BCUT2D eigenvalue weighted by molar-refractivity contribution is 0.261. The molecule has 0 amide bonds. The summed E-state index contributed by atoms with van der Waals surface area (Å²) in [6, 6.07) is 0. The average molecular weight is 332 g/mol. The summed E-state index contributed by atoms with van der Waals surface area (Å²) >= 11 is 3.33. The number of halogens is 1. The highest BCUT2D eigenvalue weighted by Crippen LogP contribution is 2.22. The topological polar surface area (TPSA) is 67.2 Å². The Balaban J connectivity index is 2.93. The largest absolute Gasteiger partial charge is 0.396 e. The van der Waals surface area contributed by atoms with E-state index in [0.29, 0.717) is 23.1 Å². The molecule has 2 N–H and O–H groups in total. The van der Waals surface area contributed by atoms with Crippen LogP contribution in [-0.4, -0.2) is 27.0 Å². The normalized spacial score (nSPS) is 11.6. The summed E-state index contributed by atoms with van der Waals surface area (Å²) in [5.41, 5.74) is 0.246. The van der Waals surface area contributed by atoms with Crippen molar-refractivity contribution in [3.63, 3.8) is 0 Å². The fourth-order valence-corrected chi connectivity index (χ4v) is 2.13. The van der Waals surface area contributed by atoms with Crippen LogP contribution in [0.5, 0.6) is 0 Å². The van der Waals surface area contributed by atoms with Gasteiger partial charge in [0, 0.05) is 18.7 Å². The van der Waals surface area contributed by atoms with E-state index in [2.05, 4.69) is 33.3 Å². The van der Waals surface area contributed by atoms with Gasteiger partial charge in [0.1, 0.15) is 4.47 Å². The summed E-state index contributed by atoms with van der Waals surface area (Å²) in [6.45, 7) is 6.75. The third-order valence-electron chi connectivity index (χ3n) is 2.92. The lowest BCUT2D eigenvalue weighted by Gasteiger charge is -2.27. The van der Waals surface area contributed by atoms with Crippen molar-refractivity contribution in [3.05, 3.63) is 21.0 Å². The molecule has 1 aromatic rings. The summed E-state index contributed by atoms with van der Waals surface area (Å²) in [7, 11) is 0. The number of rotatable bonds is 7. The molecule has 0 unspecified atom stereocenters. The van der Waals surface area contributed by atoms with Gasteiger partial charge in [-0.1, -0.05) is 13.3 Å². The molecule has 1 rings (SSSR count). The van der Waals surface area contributed by atoms with Crippen LogP contribution in [0, 0.1) is 0 Å². The van der Waals surface area contributed by atoms with Gasteiger partial charge in [0.2, 0.25) is 0 Å². The van der Waals surface area contributed by atoms with Gasteiger partial charge in [-0.2, -0.15) is 5.10 Å². The third-order valence-corrected chi connectivity index (χ3v) is 3.68. The van der Waals surface area contributed by atoms with E-state index >= 15 is 0 Å². The second kappa shape index (κ2) is 7.05. The highest BCUT2D eigenvalue weighted by atomic mass is 79.9. The standard InChI is InChI=1S/C13H22BrN3O2/c1-4-5-7-17-12(19)11(14)10(9-15-17)16-13(2,3)6-8-18/h9,16,18H,4-8H2,1-3H3. The lowest BCUT2D eigenvalue weighted by Crippen LogP contribution is -2.34. The zero-order chi connectivity index (χ0) is 14.5. The smallest absolute Gasteiger partial charge is 0.283 e. The van der Waals surface area contributed by atoms with Crippen molar-refractivity contribution in [2.75, 3.05) is 11.9 Å². The quantitative estimate of drug-likeness (QED) is 0.804. The summed E-state index contributed by atoms with van der Waals surface area (Å²) in [5, 5.41) is 16.4. The van der Waals surface area contributed by atoms with E-state index in [4.69, 9.17) is 5.11 Å². The SMILES string of the molecule is CCCCn1ncc(NC(C)(C)CCO)c(Br)c1=O. The number of aliphatic hydroxyl groups excluding tert-OH is 1. The first-order valence-electron chi connectivity index (χ1n) is 6.56. The van der Waals surface area contributed by atoms with E-state index in [9.17, 15) is 4.79 Å². The fraction of sp³-hybridized carbons (Fsp3) is 0.692. The first kappa shape index (κ1) is 16.2. The number of hydrogen-bond donors (Lipinski definition) is 2. The molecule has 0 saturated carbocycles. The average Bonchev–Trinajstić information content (AvgIpc) is 2.34. The zero-order valence-electron chi connectivity index (χ0n) is 11.7. The van der Waals surface area contributed by atoms with Crippen LogP contribution in [0.15, 0.2) is 15.5 Å². The van der Waals surface area contributed by atoms with Crippen molar-refractivity contribution in [3.8, 4) is 0 Å². The van der Waals surface area contributed by atoms with E-state index < -0.39 is 0 Å². The van der Waals surface area contributed by atoms with Gasteiger partial charge in [-0.15, -0.1) is 0 Å². The number of unbranched alkanes of at least 4 members (excludes halogenated alkanes) is 1. The van der Waals surface area contributed by atoms with Crippen LogP contribution in [0.4, 0.5) is 5.69 Å². The Morgan fingerprint density at radius 3 is 2.79 bits per heavy atom. The van der Waals surface area contributed by atoms with Gasteiger partial charge in [-0.25, -0.2) is 4.68 Å². The third kappa shape index (κ3) is 4.62. The van der Waals surface area contributed by atoms with Crippen molar-refractivity contribution < 1.29 is 5.11 Å². The molecule has 0 spiro atoms. The number of aliphatic hydroxyl groups is 1. The Kier molecular flexibility index (Phi) is 6.00. The predicted octanol–water partition coefficient (Wildman–Crippen LogP) is 2.38. The molecule has 0 aliphatic heterocycles. The molecule has 1 heterocycles. The van der Waals surface area contributed by atoms with Crippen LogP contribution >= 0.6 is 15.9 Å². The number of nitrogens with one attached hydrogen (secondary N) is 1. The van der Waals surface area contributed by atoms with Crippen LogP contribution in [0.25, 0.3) is 0 Å². The molecular weight excluding hydrogens is 310 g/mol. The number of aryl methyl sites for hydroxylation is 1. The fourth-order valence-electron chi connectivity index (χ4n) is 1.73. The predicted molar refractivity (Wildman–Crippen MR) is 80.5 cm³/mol. The Bertz CT molecular complexity index is 471. The molecule has 1 aromatic heterocycles. The van der Waals surface area contributed by atoms with Crippen molar-refractivity contribution in [1.29, 1.82) is 0 Å². The number of nitrogens with zero attached hydrogens (tertiary/aromatic N) is 2. The minimum atomic E-state index is -0.291. The molecular formula is C13H22BrN3O2. The van der Waals surface area contributed by atoms with E-state index in [0.717, 1.165) is 12.8 Å². The lowest BCUT2D eigenvalue weighted by atomic mass is 10.0. The summed E-state index contributed by atoms with van der Waals surface area (Å²) in [5.74, 6) is 0. The zero-order valence-corrected chi connectivity index (χ0v) is 13.3. The van der Waals surface area contributed by atoms with Crippen LogP contribution in [0.3, 0.4) is 0 Å². The van der Waals surface area contributed by atoms with Gasteiger partial charge in [-0.3, -0.25) is 4.79 Å². The molecule has 0 atom stereocenters. The number of aromatic nitrogens is 2. The Morgan fingerprint density at radius 1 is 1.53 bits per heavy atom. The van der Waals surface area contributed by atoms with Crippen molar-refractivity contribution >= 4 is 21.6 Å². The molecule has 108 valence electrons. The van der Waals surface area contributed by atoms with Crippen molar-refractivity contribution in [2.24, 2.45) is 0 Å². The van der Waals surface area contributed by atoms with E-state index in [1.54, 1.807) is 6.20 Å². The number of hydrogen-bond acceptors (Lipinski definition) is 4. The van der Waals surface area contributed by atoms with Crippen molar-refractivity contribution in [2.45, 2.75) is 52.1 Å². The molecule has 0 aliphatic rings. The van der Waals surface area contributed by atoms with E-state index in [1.165, 1.54) is 4.68 Å². The van der Waals surface area contributed by atoms with Gasteiger partial charge in [0.05, 0.1) is 11.9 Å². The second-order valence-electron chi connectivity index (χ2n) is 5.24. The first-order valence-corrected chi connectivity index (χ1v) is 7.35. The Labute approximate surface area is 122 Å². The van der Waals surface area contributed by atoms with Crippen LogP contribution in [-0.2, 0) is 6.54 Å². The van der Waals surface area contributed by atoms with Gasteiger partial charge >= 0.3 is 0 Å². The number of anilines is 1. The molecule has 6 heteroatoms. The van der Waals surface area contributed by atoms with E-state index in [1.807, 2.05) is 13.8 Å². The molecule has 0 radical (unpaired) electrons. The molecule has 0 aromatic carbocycles. The van der Waals surface area contributed by atoms with Gasteiger partial charge in [0.15, 0.2) is 0 Å². The highest BCUT2D eigenvalue weighted by molar-refractivity contribution is 9.10. The minimum absolute atomic E-state index is 0.0958. The molecule has 0 fully saturated rings. The van der Waals surface area contributed by atoms with Gasteiger partial charge < -0.3 is 10.4 Å². The van der Waals surface area contributed by atoms with Gasteiger partial charge in [-0.05, 0) is 42.6 Å². The molecule has 5 nitrogen and oxygen atoms in total. The molecule has 0 saturated heterocycles. The van der Waals surface area contributed by atoms with Crippen LogP contribution in [0.2, 0.25) is 0 Å². The van der Waals surface area contributed by atoms with Crippen molar-refractivity contribution in [1.82, 2.24) is 9.78 Å². The molecule has 0 aliphatic carbocycles. The maximum atomic E-state index is 12.1. The maximum absolute atomic E-state index is 12.1. The van der Waals surface area contributed by atoms with E-state index in [-0.39, 0.29) is 17.7 Å².